The molecule has 0 aliphatic rings. The van der Waals surface area contributed by atoms with E-state index in [1.807, 2.05) is 4.57 Å². The van der Waals surface area contributed by atoms with Gasteiger partial charge in [-0.25, -0.2) is 8.42 Å². The number of hydrogen-bond acceptors (Lipinski definition) is 6. The van der Waals surface area contributed by atoms with E-state index in [0.717, 1.165) is 29.7 Å². The quantitative estimate of drug-likeness (QED) is 0.542. The van der Waals surface area contributed by atoms with E-state index in [4.69, 9.17) is 5.73 Å². The van der Waals surface area contributed by atoms with Crippen molar-refractivity contribution >= 4 is 21.6 Å². The van der Waals surface area contributed by atoms with Crippen LogP contribution in [0, 0.1) is 0 Å². The van der Waals surface area contributed by atoms with Gasteiger partial charge in [0.1, 0.15) is 15.7 Å². The minimum absolute atomic E-state index is 0.209. The molecule has 0 saturated heterocycles. The lowest BCUT2D eigenvalue weighted by Gasteiger charge is -2.07. The summed E-state index contributed by atoms with van der Waals surface area (Å²) >= 11 is 1.54. The van der Waals surface area contributed by atoms with Gasteiger partial charge in [0.2, 0.25) is 0 Å². The van der Waals surface area contributed by atoms with Gasteiger partial charge < -0.3 is 10.3 Å². The number of hydrogen-bond donors (Lipinski definition) is 1. The van der Waals surface area contributed by atoms with Crippen LogP contribution in [0.2, 0.25) is 0 Å². The average Bonchev–Trinajstić information content (AvgIpc) is 2.78. The van der Waals surface area contributed by atoms with Crippen LogP contribution in [0.5, 0.6) is 0 Å². The van der Waals surface area contributed by atoms with Crippen LogP contribution in [0.15, 0.2) is 5.16 Å². The van der Waals surface area contributed by atoms with E-state index >= 15 is 0 Å². The summed E-state index contributed by atoms with van der Waals surface area (Å²) in [5.41, 5.74) is 5.61. The van der Waals surface area contributed by atoms with E-state index in [1.165, 1.54) is 0 Å². The molecule has 0 saturated carbocycles. The Morgan fingerprint density at radius 1 is 1.32 bits per heavy atom. The van der Waals surface area contributed by atoms with Crippen molar-refractivity contribution in [3.05, 3.63) is 5.82 Å². The molecule has 6 nitrogen and oxygen atoms in total. The molecule has 8 heteroatoms. The van der Waals surface area contributed by atoms with Crippen LogP contribution in [0.25, 0.3) is 0 Å². The first-order valence-corrected chi connectivity index (χ1v) is 9.30. The second kappa shape index (κ2) is 7.86. The number of thioether (sulfide) groups is 1. The van der Waals surface area contributed by atoms with E-state index in [1.54, 1.807) is 18.7 Å². The smallest absolute Gasteiger partial charge is 0.191 e. The van der Waals surface area contributed by atoms with Crippen LogP contribution in [-0.2, 0) is 22.9 Å². The maximum Gasteiger partial charge on any atom is 0.191 e. The molecule has 1 aromatic rings. The Morgan fingerprint density at radius 3 is 2.63 bits per heavy atom. The second-order valence-electron chi connectivity index (χ2n) is 4.19. The van der Waals surface area contributed by atoms with E-state index < -0.39 is 9.84 Å². The van der Waals surface area contributed by atoms with Gasteiger partial charge in [-0.05, 0) is 12.8 Å². The molecular formula is C11H22N4O2S2. The fourth-order valence-electron chi connectivity index (χ4n) is 1.61. The predicted molar refractivity (Wildman–Crippen MR) is 77.9 cm³/mol. The Labute approximate surface area is 119 Å². The normalized spacial score (nSPS) is 11.9. The minimum atomic E-state index is -2.87. The van der Waals surface area contributed by atoms with Crippen molar-refractivity contribution in [2.75, 3.05) is 17.3 Å². The first-order valence-electron chi connectivity index (χ1n) is 6.49. The fraction of sp³-hybridized carbons (Fsp3) is 0.818. The zero-order valence-corrected chi connectivity index (χ0v) is 13.1. The van der Waals surface area contributed by atoms with Gasteiger partial charge in [-0.1, -0.05) is 25.6 Å². The highest BCUT2D eigenvalue weighted by Gasteiger charge is 2.11. The summed E-state index contributed by atoms with van der Waals surface area (Å²) in [6.45, 7) is 4.98. The van der Waals surface area contributed by atoms with E-state index in [-0.39, 0.29) is 11.5 Å². The number of nitrogens with zero attached hydrogens (tertiary/aromatic N) is 3. The predicted octanol–water partition coefficient (Wildman–Crippen LogP) is 1.06. The van der Waals surface area contributed by atoms with Gasteiger partial charge in [0, 0.05) is 18.1 Å². The van der Waals surface area contributed by atoms with Gasteiger partial charge in [-0.15, -0.1) is 10.2 Å². The molecule has 0 bridgehead atoms. The molecule has 0 spiro atoms. The Balaban J connectivity index is 2.51. The van der Waals surface area contributed by atoms with Crippen LogP contribution in [0.1, 0.15) is 32.5 Å². The van der Waals surface area contributed by atoms with E-state index in [0.29, 0.717) is 13.0 Å². The van der Waals surface area contributed by atoms with Crippen molar-refractivity contribution < 1.29 is 8.42 Å². The van der Waals surface area contributed by atoms with Crippen LogP contribution in [0.4, 0.5) is 0 Å². The number of sulfone groups is 1. The van der Waals surface area contributed by atoms with Crippen molar-refractivity contribution in [3.8, 4) is 0 Å². The molecule has 1 aromatic heterocycles. The molecule has 0 radical (unpaired) electrons. The molecular weight excluding hydrogens is 284 g/mol. The van der Waals surface area contributed by atoms with Crippen molar-refractivity contribution in [1.82, 2.24) is 14.8 Å². The standard InChI is InChI=1S/C11H22N4O2S2/c1-3-6-15-10(9-12)13-14-11(15)18-7-5-8-19(16,17)4-2/h3-9,12H2,1-2H3. The molecule has 0 aliphatic carbocycles. The molecule has 2 N–H and O–H groups in total. The third-order valence-electron chi connectivity index (χ3n) is 2.69. The first-order chi connectivity index (χ1) is 9.04. The Bertz CT molecular complexity index is 485. The maximum atomic E-state index is 11.4. The summed E-state index contributed by atoms with van der Waals surface area (Å²) < 4.78 is 24.8. The Morgan fingerprint density at radius 2 is 2.05 bits per heavy atom. The average molecular weight is 306 g/mol. The Kier molecular flexibility index (Phi) is 6.81. The third kappa shape index (κ3) is 5.12. The number of rotatable bonds is 9. The van der Waals surface area contributed by atoms with Crippen molar-refractivity contribution in [2.45, 2.75) is 44.9 Å². The van der Waals surface area contributed by atoms with Gasteiger partial charge in [-0.3, -0.25) is 0 Å². The molecule has 1 heterocycles. The van der Waals surface area contributed by atoms with Gasteiger partial charge in [-0.2, -0.15) is 0 Å². The highest BCUT2D eigenvalue weighted by Crippen LogP contribution is 2.18. The molecule has 0 aliphatic heterocycles. The minimum Gasteiger partial charge on any atom is -0.324 e. The van der Waals surface area contributed by atoms with Gasteiger partial charge in [0.25, 0.3) is 0 Å². The molecule has 110 valence electrons. The summed E-state index contributed by atoms with van der Waals surface area (Å²) in [5.74, 6) is 1.96. The zero-order chi connectivity index (χ0) is 14.3. The van der Waals surface area contributed by atoms with E-state index in [9.17, 15) is 8.42 Å². The van der Waals surface area contributed by atoms with Gasteiger partial charge >= 0.3 is 0 Å². The van der Waals surface area contributed by atoms with Crippen molar-refractivity contribution in [3.63, 3.8) is 0 Å². The lowest BCUT2D eigenvalue weighted by Crippen LogP contribution is -2.10. The number of aromatic nitrogens is 3. The second-order valence-corrected chi connectivity index (χ2v) is 7.73. The molecule has 0 atom stereocenters. The van der Waals surface area contributed by atoms with Crippen molar-refractivity contribution in [2.24, 2.45) is 5.73 Å². The monoisotopic (exact) mass is 306 g/mol. The molecule has 0 fully saturated rings. The summed E-state index contributed by atoms with van der Waals surface area (Å²) in [6.07, 6.45) is 1.63. The van der Waals surface area contributed by atoms with E-state index in [2.05, 4.69) is 17.1 Å². The van der Waals surface area contributed by atoms with Crippen LogP contribution >= 0.6 is 11.8 Å². The third-order valence-corrected chi connectivity index (χ3v) is 5.54. The van der Waals surface area contributed by atoms with Crippen molar-refractivity contribution in [1.29, 1.82) is 0 Å². The topological polar surface area (TPSA) is 90.9 Å². The lowest BCUT2D eigenvalue weighted by molar-refractivity contribution is 0.591. The molecule has 1 rings (SSSR count). The zero-order valence-electron chi connectivity index (χ0n) is 11.5. The maximum absolute atomic E-state index is 11.4. The molecule has 19 heavy (non-hydrogen) atoms. The van der Waals surface area contributed by atoms with Crippen LogP contribution in [0.3, 0.4) is 0 Å². The molecule has 0 aromatic carbocycles. The van der Waals surface area contributed by atoms with Crippen LogP contribution in [-0.4, -0.2) is 40.4 Å². The van der Waals surface area contributed by atoms with Crippen LogP contribution < -0.4 is 5.73 Å². The Hall–Kier alpha value is -0.600. The highest BCUT2D eigenvalue weighted by atomic mass is 32.2. The summed E-state index contributed by atoms with van der Waals surface area (Å²) in [5, 5.41) is 8.98. The van der Waals surface area contributed by atoms with Gasteiger partial charge in [0.15, 0.2) is 5.16 Å². The molecule has 0 amide bonds. The first kappa shape index (κ1) is 16.5. The summed E-state index contributed by atoms with van der Waals surface area (Å²) in [4.78, 5) is 0. The van der Waals surface area contributed by atoms with Gasteiger partial charge in [0.05, 0.1) is 12.3 Å². The highest BCUT2D eigenvalue weighted by molar-refractivity contribution is 7.99. The largest absolute Gasteiger partial charge is 0.324 e. The number of nitrogens with two attached hydrogens (primary N) is 1. The molecule has 0 unspecified atom stereocenters. The summed E-state index contributed by atoms with van der Waals surface area (Å²) in [6, 6.07) is 0. The lowest BCUT2D eigenvalue weighted by atomic mass is 10.4. The fourth-order valence-corrected chi connectivity index (χ4v) is 3.59. The summed E-state index contributed by atoms with van der Waals surface area (Å²) in [7, 11) is -2.87. The SMILES string of the molecule is CCCn1c(CN)nnc1SCCCS(=O)(=O)CC.